The lowest BCUT2D eigenvalue weighted by atomic mass is 10.1. The molecular formula is C18H16BrNO3. The second kappa shape index (κ2) is 6.98. The number of aliphatic hydroxyl groups excluding tert-OH is 1. The Morgan fingerprint density at radius 2 is 1.87 bits per heavy atom. The van der Waals surface area contributed by atoms with Gasteiger partial charge in [0.2, 0.25) is 5.56 Å². The monoisotopic (exact) mass is 373 g/mol. The van der Waals surface area contributed by atoms with Crippen LogP contribution < -0.4 is 10.3 Å². The number of benzene rings is 2. The van der Waals surface area contributed by atoms with Gasteiger partial charge >= 0.3 is 0 Å². The molecule has 23 heavy (non-hydrogen) atoms. The maximum Gasteiger partial charge on any atom is 0.248 e. The van der Waals surface area contributed by atoms with Gasteiger partial charge in [0.25, 0.3) is 0 Å². The number of halogens is 1. The molecule has 2 aromatic carbocycles. The molecule has 3 aromatic rings. The Hall–Kier alpha value is -2.11. The van der Waals surface area contributed by atoms with Crippen LogP contribution in [0.2, 0.25) is 0 Å². The van der Waals surface area contributed by atoms with E-state index in [0.717, 1.165) is 16.5 Å². The van der Waals surface area contributed by atoms with Crippen LogP contribution in [0, 0.1) is 0 Å². The van der Waals surface area contributed by atoms with Gasteiger partial charge in [0, 0.05) is 11.5 Å². The molecule has 1 heterocycles. The van der Waals surface area contributed by atoms with Crippen LogP contribution in [-0.2, 0) is 6.61 Å². The van der Waals surface area contributed by atoms with Gasteiger partial charge in [-0.2, -0.15) is 0 Å². The van der Waals surface area contributed by atoms with Crippen molar-refractivity contribution in [2.45, 2.75) is 11.4 Å². The highest BCUT2D eigenvalue weighted by Crippen LogP contribution is 2.33. The molecule has 4 nitrogen and oxygen atoms in total. The fourth-order valence-electron chi connectivity index (χ4n) is 2.48. The van der Waals surface area contributed by atoms with Gasteiger partial charge in [-0.05, 0) is 23.3 Å². The van der Waals surface area contributed by atoms with E-state index in [0.29, 0.717) is 17.9 Å². The minimum absolute atomic E-state index is 0.0293. The average Bonchev–Trinajstić information content (AvgIpc) is 2.59. The number of aromatic amines is 1. The molecule has 0 saturated carbocycles. The van der Waals surface area contributed by atoms with Crippen molar-refractivity contribution in [3.8, 4) is 5.75 Å². The molecule has 0 fully saturated rings. The molecule has 0 aliphatic rings. The Kier molecular flexibility index (Phi) is 4.79. The number of pyridine rings is 1. The number of aromatic nitrogens is 1. The third-order valence-electron chi connectivity index (χ3n) is 3.63. The van der Waals surface area contributed by atoms with E-state index in [9.17, 15) is 9.90 Å². The van der Waals surface area contributed by atoms with Gasteiger partial charge in [-0.3, -0.25) is 4.79 Å². The summed E-state index contributed by atoms with van der Waals surface area (Å²) >= 11 is 3.44. The van der Waals surface area contributed by atoms with E-state index in [2.05, 4.69) is 20.9 Å². The molecule has 2 N–H and O–H groups in total. The van der Waals surface area contributed by atoms with E-state index in [4.69, 9.17) is 4.74 Å². The molecule has 118 valence electrons. The number of ether oxygens (including phenoxy) is 1. The predicted octanol–water partition coefficient (Wildman–Crippen LogP) is 3.54. The van der Waals surface area contributed by atoms with Crippen molar-refractivity contribution in [1.82, 2.24) is 4.98 Å². The van der Waals surface area contributed by atoms with Gasteiger partial charge in [-0.1, -0.05) is 52.3 Å². The summed E-state index contributed by atoms with van der Waals surface area (Å²) in [6, 6.07) is 16.8. The Morgan fingerprint density at radius 1 is 1.09 bits per heavy atom. The first-order valence-electron chi connectivity index (χ1n) is 7.26. The van der Waals surface area contributed by atoms with E-state index in [1.54, 1.807) is 6.07 Å². The van der Waals surface area contributed by atoms with Crippen LogP contribution in [0.5, 0.6) is 5.75 Å². The third-order valence-corrected chi connectivity index (χ3v) is 4.41. The van der Waals surface area contributed by atoms with Gasteiger partial charge in [-0.15, -0.1) is 0 Å². The van der Waals surface area contributed by atoms with E-state index in [1.165, 1.54) is 6.07 Å². The number of rotatable bonds is 5. The number of alkyl halides is 1. The topological polar surface area (TPSA) is 62.3 Å². The summed E-state index contributed by atoms with van der Waals surface area (Å²) in [5, 5.41) is 10.2. The van der Waals surface area contributed by atoms with Crippen molar-refractivity contribution in [1.29, 1.82) is 0 Å². The molecular weight excluding hydrogens is 358 g/mol. The molecule has 0 saturated heterocycles. The molecule has 0 bridgehead atoms. The molecule has 0 amide bonds. The molecule has 1 aromatic heterocycles. The highest BCUT2D eigenvalue weighted by Gasteiger charge is 2.14. The fraction of sp³-hybridized carbons (Fsp3) is 0.167. The quantitative estimate of drug-likeness (QED) is 0.672. The van der Waals surface area contributed by atoms with Crippen LogP contribution in [0.25, 0.3) is 10.9 Å². The lowest BCUT2D eigenvalue weighted by molar-refractivity contribution is 0.298. The molecule has 0 aliphatic carbocycles. The summed E-state index contributed by atoms with van der Waals surface area (Å²) in [5.41, 5.74) is 2.42. The third kappa shape index (κ3) is 3.46. The summed E-state index contributed by atoms with van der Waals surface area (Å²) < 4.78 is 5.88. The van der Waals surface area contributed by atoms with E-state index in [-0.39, 0.29) is 17.0 Å². The molecule has 5 heteroatoms. The number of hydrogen-bond donors (Lipinski definition) is 2. The van der Waals surface area contributed by atoms with E-state index in [1.807, 2.05) is 42.5 Å². The largest absolute Gasteiger partial charge is 0.487 e. The van der Waals surface area contributed by atoms with Crippen molar-refractivity contribution in [3.05, 3.63) is 76.1 Å². The fourth-order valence-corrected chi connectivity index (χ4v) is 2.87. The highest BCUT2D eigenvalue weighted by molar-refractivity contribution is 9.09. The zero-order valence-electron chi connectivity index (χ0n) is 12.3. The molecule has 0 spiro atoms. The summed E-state index contributed by atoms with van der Waals surface area (Å²) in [6.45, 7) is 0.391. The van der Waals surface area contributed by atoms with Crippen molar-refractivity contribution >= 4 is 26.8 Å². The first kappa shape index (κ1) is 15.8. The first-order valence-corrected chi connectivity index (χ1v) is 8.18. The lowest BCUT2D eigenvalue weighted by Crippen LogP contribution is -2.07. The zero-order chi connectivity index (χ0) is 16.2. The average molecular weight is 374 g/mol. The van der Waals surface area contributed by atoms with Gasteiger partial charge in [0.05, 0.1) is 17.0 Å². The maximum atomic E-state index is 11.7. The molecule has 1 atom stereocenters. The lowest BCUT2D eigenvalue weighted by Gasteiger charge is -2.14. The normalized spacial score (nSPS) is 12.3. The molecule has 1 unspecified atom stereocenters. The van der Waals surface area contributed by atoms with E-state index < -0.39 is 0 Å². The van der Waals surface area contributed by atoms with Crippen molar-refractivity contribution in [2.75, 3.05) is 6.61 Å². The van der Waals surface area contributed by atoms with Crippen LogP contribution >= 0.6 is 15.9 Å². The number of fused-ring (bicyclic) bond motifs is 1. The summed E-state index contributed by atoms with van der Waals surface area (Å²) in [5.74, 6) is 0.614. The van der Waals surface area contributed by atoms with Crippen molar-refractivity contribution in [2.24, 2.45) is 0 Å². The second-order valence-corrected chi connectivity index (χ2v) is 6.29. The van der Waals surface area contributed by atoms with Crippen LogP contribution in [-0.4, -0.2) is 16.7 Å². The maximum absolute atomic E-state index is 11.7. The Bertz CT molecular complexity index is 861. The minimum atomic E-state index is -0.195. The van der Waals surface area contributed by atoms with Crippen molar-refractivity contribution in [3.63, 3.8) is 0 Å². The van der Waals surface area contributed by atoms with Crippen LogP contribution in [0.15, 0.2) is 59.4 Å². The van der Waals surface area contributed by atoms with Crippen LogP contribution in [0.1, 0.15) is 16.0 Å². The highest BCUT2D eigenvalue weighted by atomic mass is 79.9. The van der Waals surface area contributed by atoms with Crippen LogP contribution in [0.3, 0.4) is 0 Å². The Balaban J connectivity index is 2.00. The Labute approximate surface area is 141 Å². The smallest absolute Gasteiger partial charge is 0.248 e. The molecule has 3 rings (SSSR count). The van der Waals surface area contributed by atoms with Gasteiger partial charge in [-0.25, -0.2) is 0 Å². The SMILES string of the molecule is O=c1ccc2c(C(Br)CO)ccc(OCc3ccccc3)c2[nH]1. The van der Waals surface area contributed by atoms with Crippen LogP contribution in [0.4, 0.5) is 0 Å². The Morgan fingerprint density at radius 3 is 2.61 bits per heavy atom. The van der Waals surface area contributed by atoms with Crippen molar-refractivity contribution < 1.29 is 9.84 Å². The van der Waals surface area contributed by atoms with E-state index >= 15 is 0 Å². The number of aliphatic hydroxyl groups is 1. The summed E-state index contributed by atoms with van der Waals surface area (Å²) in [7, 11) is 0. The van der Waals surface area contributed by atoms with Gasteiger partial charge < -0.3 is 14.8 Å². The van der Waals surface area contributed by atoms with Gasteiger partial charge in [0.1, 0.15) is 12.4 Å². The predicted molar refractivity (Wildman–Crippen MR) is 94.1 cm³/mol. The molecule has 0 aliphatic heterocycles. The number of hydrogen-bond acceptors (Lipinski definition) is 3. The molecule has 0 radical (unpaired) electrons. The summed E-state index contributed by atoms with van der Waals surface area (Å²) in [4.78, 5) is 14.3. The number of nitrogens with one attached hydrogen (secondary N) is 1. The standard InChI is InChI=1S/C18H16BrNO3/c19-15(10-21)13-6-8-16(18-14(13)7-9-17(22)20-18)23-11-12-4-2-1-3-5-12/h1-9,15,21H,10-11H2,(H,20,22). The zero-order valence-corrected chi connectivity index (χ0v) is 13.9. The van der Waals surface area contributed by atoms with Gasteiger partial charge in [0.15, 0.2) is 0 Å². The number of H-pyrrole nitrogens is 1. The minimum Gasteiger partial charge on any atom is -0.487 e. The second-order valence-electron chi connectivity index (χ2n) is 5.19. The first-order chi connectivity index (χ1) is 11.2. The summed E-state index contributed by atoms with van der Waals surface area (Å²) in [6.07, 6.45) is 0.